The molecule has 30 heavy (non-hydrogen) atoms. The summed E-state index contributed by atoms with van der Waals surface area (Å²) in [6, 6.07) is 10.3. The second-order valence-corrected chi connectivity index (χ2v) is 7.36. The van der Waals surface area contributed by atoms with Crippen LogP contribution in [0.1, 0.15) is 15.9 Å². The normalized spacial score (nSPS) is 14.9. The van der Waals surface area contributed by atoms with Crippen LogP contribution in [0.2, 0.25) is 0 Å². The molecule has 4 aromatic rings. The Kier molecular flexibility index (Phi) is 4.11. The number of aromatic nitrogens is 3. The van der Waals surface area contributed by atoms with Gasteiger partial charge in [0.25, 0.3) is 5.91 Å². The van der Waals surface area contributed by atoms with E-state index in [-0.39, 0.29) is 11.9 Å². The van der Waals surface area contributed by atoms with Gasteiger partial charge in [-0.2, -0.15) is 18.3 Å². The average molecular weight is 414 g/mol. The molecule has 9 heteroatoms. The molecule has 154 valence electrons. The van der Waals surface area contributed by atoms with Crippen LogP contribution in [0.3, 0.4) is 0 Å². The van der Waals surface area contributed by atoms with Crippen molar-refractivity contribution in [2.45, 2.75) is 12.2 Å². The molecule has 0 spiro atoms. The fourth-order valence-corrected chi connectivity index (χ4v) is 3.68. The van der Waals surface area contributed by atoms with E-state index in [4.69, 9.17) is 4.74 Å². The van der Waals surface area contributed by atoms with E-state index in [1.54, 1.807) is 34.5 Å². The number of amides is 1. The molecule has 1 N–H and O–H groups in total. The van der Waals surface area contributed by atoms with E-state index in [9.17, 15) is 18.0 Å². The van der Waals surface area contributed by atoms with Gasteiger partial charge in [0.05, 0.1) is 30.3 Å². The maximum absolute atomic E-state index is 12.9. The number of rotatable bonds is 3. The molecule has 0 atom stereocenters. The van der Waals surface area contributed by atoms with E-state index in [0.717, 1.165) is 28.4 Å². The highest BCUT2D eigenvalue weighted by molar-refractivity contribution is 6.10. The largest absolute Gasteiger partial charge is 0.416 e. The van der Waals surface area contributed by atoms with Gasteiger partial charge in [0.15, 0.2) is 5.65 Å². The quantitative estimate of drug-likeness (QED) is 0.557. The van der Waals surface area contributed by atoms with Gasteiger partial charge in [0.1, 0.15) is 0 Å². The van der Waals surface area contributed by atoms with E-state index in [1.165, 1.54) is 12.1 Å². The summed E-state index contributed by atoms with van der Waals surface area (Å²) in [5.74, 6) is -0.190. The molecule has 6 nitrogen and oxygen atoms in total. The van der Waals surface area contributed by atoms with Gasteiger partial charge in [-0.25, -0.2) is 0 Å². The first-order chi connectivity index (χ1) is 14.3. The fourth-order valence-electron chi connectivity index (χ4n) is 3.68. The van der Waals surface area contributed by atoms with Crippen molar-refractivity contribution in [3.8, 4) is 5.69 Å². The maximum atomic E-state index is 12.9. The Labute approximate surface area is 168 Å². The van der Waals surface area contributed by atoms with Crippen molar-refractivity contribution in [3.63, 3.8) is 0 Å². The third kappa shape index (κ3) is 3.02. The van der Waals surface area contributed by atoms with Crippen molar-refractivity contribution in [3.05, 3.63) is 59.8 Å². The molecule has 0 radical (unpaired) electrons. The fraction of sp³-hybridized carbons (Fsp3) is 0.238. The van der Waals surface area contributed by atoms with Crippen molar-refractivity contribution in [1.29, 1.82) is 0 Å². The van der Waals surface area contributed by atoms with Gasteiger partial charge in [-0.3, -0.25) is 14.0 Å². The Morgan fingerprint density at radius 1 is 1.13 bits per heavy atom. The number of carbonyl (C=O) groups excluding carboxylic acids is 1. The Morgan fingerprint density at radius 3 is 2.50 bits per heavy atom. The third-order valence-electron chi connectivity index (χ3n) is 5.24. The van der Waals surface area contributed by atoms with Crippen LogP contribution in [0.25, 0.3) is 27.6 Å². The van der Waals surface area contributed by atoms with E-state index < -0.39 is 11.7 Å². The summed E-state index contributed by atoms with van der Waals surface area (Å²) < 4.78 is 47.4. The van der Waals surface area contributed by atoms with Crippen LogP contribution >= 0.6 is 0 Å². The van der Waals surface area contributed by atoms with Crippen molar-refractivity contribution in [1.82, 2.24) is 19.7 Å². The number of nitrogens with zero attached hydrogens (tertiary/aromatic N) is 3. The summed E-state index contributed by atoms with van der Waals surface area (Å²) in [5, 5.41) is 9.01. The number of fused-ring (bicyclic) bond motifs is 3. The van der Waals surface area contributed by atoms with Gasteiger partial charge in [-0.15, -0.1) is 0 Å². The first kappa shape index (κ1) is 18.7. The average Bonchev–Trinajstić information content (AvgIpc) is 3.18. The highest BCUT2D eigenvalue weighted by atomic mass is 19.4. The highest BCUT2D eigenvalue weighted by Crippen LogP contribution is 2.34. The first-order valence-corrected chi connectivity index (χ1v) is 9.35. The van der Waals surface area contributed by atoms with E-state index >= 15 is 0 Å². The van der Waals surface area contributed by atoms with E-state index in [2.05, 4.69) is 10.4 Å². The summed E-state index contributed by atoms with van der Waals surface area (Å²) in [6.07, 6.45) is -2.56. The van der Waals surface area contributed by atoms with Crippen LogP contribution in [0.15, 0.2) is 48.7 Å². The Hall–Kier alpha value is -3.33. The van der Waals surface area contributed by atoms with Crippen LogP contribution in [0.5, 0.6) is 0 Å². The topological polar surface area (TPSA) is 61.1 Å². The molecule has 2 aromatic heterocycles. The molecular weight excluding hydrogens is 397 g/mol. The number of halogens is 3. The lowest BCUT2D eigenvalue weighted by molar-refractivity contribution is -0.137. The third-order valence-corrected chi connectivity index (χ3v) is 5.24. The molecule has 3 heterocycles. The van der Waals surface area contributed by atoms with Crippen LogP contribution in [0, 0.1) is 0 Å². The van der Waals surface area contributed by atoms with Gasteiger partial charge in [-0.1, -0.05) is 0 Å². The molecule has 5 rings (SSSR count). The molecular formula is C21H17F3N4O2. The Bertz CT molecular complexity index is 1270. The van der Waals surface area contributed by atoms with Crippen molar-refractivity contribution >= 4 is 27.8 Å². The zero-order chi connectivity index (χ0) is 21.0. The van der Waals surface area contributed by atoms with Crippen molar-refractivity contribution < 1.29 is 22.7 Å². The number of hydrogen-bond donors (Lipinski definition) is 1. The molecule has 2 aromatic carbocycles. The minimum Gasteiger partial charge on any atom is -0.377 e. The molecule has 1 amide bonds. The predicted molar refractivity (Wildman–Crippen MR) is 105 cm³/mol. The summed E-state index contributed by atoms with van der Waals surface area (Å²) >= 11 is 0. The number of nitrogens with one attached hydrogen (secondary N) is 1. The monoisotopic (exact) mass is 414 g/mol. The van der Waals surface area contributed by atoms with Gasteiger partial charge in [0.2, 0.25) is 0 Å². The molecule has 1 fully saturated rings. The number of aryl methyl sites for hydroxylation is 1. The second-order valence-electron chi connectivity index (χ2n) is 7.36. The van der Waals surface area contributed by atoms with Gasteiger partial charge < -0.3 is 10.1 Å². The van der Waals surface area contributed by atoms with Crippen LogP contribution in [-0.2, 0) is 18.0 Å². The minimum absolute atomic E-state index is 0.0170. The number of hydrogen-bond acceptors (Lipinski definition) is 3. The second kappa shape index (κ2) is 6.60. The SMILES string of the molecule is Cn1cc2c3cc(C(=O)NC4COC4)ccc3n(-c3ccc(C(F)(F)F)cc3)c2n1. The van der Waals surface area contributed by atoms with Crippen LogP contribution in [0.4, 0.5) is 13.2 Å². The summed E-state index contributed by atoms with van der Waals surface area (Å²) in [5.41, 5.74) is 1.72. The number of benzene rings is 2. The number of carbonyl (C=O) groups is 1. The van der Waals surface area contributed by atoms with Crippen molar-refractivity contribution in [2.24, 2.45) is 7.05 Å². The molecule has 0 saturated carbocycles. The van der Waals surface area contributed by atoms with E-state index in [0.29, 0.717) is 30.1 Å². The maximum Gasteiger partial charge on any atom is 0.416 e. The Balaban J connectivity index is 1.63. The predicted octanol–water partition coefficient (Wildman–Crippen LogP) is 3.66. The summed E-state index contributed by atoms with van der Waals surface area (Å²) in [6.45, 7) is 1.01. The Morgan fingerprint density at radius 2 is 1.87 bits per heavy atom. The van der Waals surface area contributed by atoms with E-state index in [1.807, 2.05) is 6.20 Å². The van der Waals surface area contributed by atoms with Gasteiger partial charge >= 0.3 is 6.18 Å². The number of alkyl halides is 3. The molecule has 0 bridgehead atoms. The molecule has 1 aliphatic heterocycles. The standard InChI is InChI=1S/C21H17F3N4O2/c1-27-9-17-16-8-12(20(29)25-14-10-30-11-14)2-7-18(16)28(19(17)26-27)15-5-3-13(4-6-15)21(22,23)24/h2-9,14H,10-11H2,1H3,(H,25,29). The number of ether oxygens (including phenoxy) is 1. The lowest BCUT2D eigenvalue weighted by Crippen LogP contribution is -2.48. The molecule has 0 aliphatic carbocycles. The summed E-state index contributed by atoms with van der Waals surface area (Å²) in [4.78, 5) is 12.5. The zero-order valence-corrected chi connectivity index (χ0v) is 15.9. The molecule has 1 saturated heterocycles. The van der Waals surface area contributed by atoms with Crippen molar-refractivity contribution in [2.75, 3.05) is 13.2 Å². The van der Waals surface area contributed by atoms with Crippen LogP contribution in [-0.4, -0.2) is 39.5 Å². The van der Waals surface area contributed by atoms with Crippen LogP contribution < -0.4 is 5.32 Å². The smallest absolute Gasteiger partial charge is 0.377 e. The van der Waals surface area contributed by atoms with Gasteiger partial charge in [0, 0.05) is 35.3 Å². The highest BCUT2D eigenvalue weighted by Gasteiger charge is 2.30. The summed E-state index contributed by atoms with van der Waals surface area (Å²) in [7, 11) is 1.77. The lowest BCUT2D eigenvalue weighted by atomic mass is 10.1. The minimum atomic E-state index is -4.40. The lowest BCUT2D eigenvalue weighted by Gasteiger charge is -2.26. The molecule has 0 unspecified atom stereocenters. The zero-order valence-electron chi connectivity index (χ0n) is 15.9. The van der Waals surface area contributed by atoms with Gasteiger partial charge in [-0.05, 0) is 42.5 Å². The first-order valence-electron chi connectivity index (χ1n) is 9.35. The molecule has 1 aliphatic rings.